The van der Waals surface area contributed by atoms with Crippen molar-refractivity contribution in [3.63, 3.8) is 0 Å². The fraction of sp³-hybridized carbons (Fsp3) is 0.167. The van der Waals surface area contributed by atoms with Crippen LogP contribution in [0.2, 0.25) is 10.0 Å². The zero-order chi connectivity index (χ0) is 13.8. The van der Waals surface area contributed by atoms with Crippen molar-refractivity contribution in [2.45, 2.75) is 6.61 Å². The van der Waals surface area contributed by atoms with Gasteiger partial charge in [-0.15, -0.1) is 0 Å². The summed E-state index contributed by atoms with van der Waals surface area (Å²) in [4.78, 5) is 8.30. The van der Waals surface area contributed by atoms with E-state index in [9.17, 15) is 0 Å². The molecule has 0 bridgehead atoms. The van der Waals surface area contributed by atoms with Gasteiger partial charge in [-0.1, -0.05) is 29.3 Å². The first-order valence-corrected chi connectivity index (χ1v) is 6.19. The molecule has 1 aromatic carbocycles. The minimum atomic E-state index is 0.274. The van der Waals surface area contributed by atoms with Gasteiger partial charge >= 0.3 is 0 Å². The summed E-state index contributed by atoms with van der Waals surface area (Å²) in [5.41, 5.74) is 6.28. The van der Waals surface area contributed by atoms with E-state index in [4.69, 9.17) is 33.7 Å². The first kappa shape index (κ1) is 13.9. The largest absolute Gasteiger partial charge is 0.384 e. The first-order chi connectivity index (χ1) is 9.10. The molecule has 0 aliphatic carbocycles. The van der Waals surface area contributed by atoms with E-state index in [0.29, 0.717) is 33.2 Å². The van der Waals surface area contributed by atoms with Gasteiger partial charge in [0.15, 0.2) is 5.82 Å². The van der Waals surface area contributed by atoms with E-state index in [2.05, 4.69) is 15.3 Å². The van der Waals surface area contributed by atoms with Crippen LogP contribution in [0.1, 0.15) is 5.82 Å². The fourth-order valence-electron chi connectivity index (χ4n) is 1.52. The van der Waals surface area contributed by atoms with Gasteiger partial charge in [0.05, 0.1) is 15.7 Å². The number of halogens is 2. The number of nitrogen functional groups attached to an aromatic ring is 1. The molecule has 0 saturated carbocycles. The Balaban J connectivity index is 2.33. The van der Waals surface area contributed by atoms with Crippen LogP contribution in [0.4, 0.5) is 17.3 Å². The Kier molecular flexibility index (Phi) is 4.42. The second kappa shape index (κ2) is 6.06. The monoisotopic (exact) mass is 298 g/mol. The molecular weight excluding hydrogens is 287 g/mol. The standard InChI is InChI=1S/C12H12Cl2N4O/c1-19-6-11-16-9(15)5-10(17-11)18-12-7(13)3-2-4-8(12)14/h2-5H,6H2,1H3,(H3,15,16,17,18). The number of anilines is 3. The van der Waals surface area contributed by atoms with Crippen molar-refractivity contribution in [2.75, 3.05) is 18.2 Å². The van der Waals surface area contributed by atoms with Crippen LogP contribution in [0.5, 0.6) is 0 Å². The normalized spacial score (nSPS) is 10.5. The molecule has 0 radical (unpaired) electrons. The molecule has 0 atom stereocenters. The minimum absolute atomic E-state index is 0.274. The van der Waals surface area contributed by atoms with Crippen LogP contribution in [0, 0.1) is 0 Å². The maximum Gasteiger partial charge on any atom is 0.158 e. The highest BCUT2D eigenvalue weighted by Crippen LogP contribution is 2.32. The van der Waals surface area contributed by atoms with Crippen molar-refractivity contribution in [2.24, 2.45) is 0 Å². The average Bonchev–Trinajstić information content (AvgIpc) is 2.34. The summed E-state index contributed by atoms with van der Waals surface area (Å²) in [6.45, 7) is 0.274. The average molecular weight is 299 g/mol. The highest BCUT2D eigenvalue weighted by molar-refractivity contribution is 6.39. The van der Waals surface area contributed by atoms with Crippen molar-refractivity contribution in [3.05, 3.63) is 40.1 Å². The van der Waals surface area contributed by atoms with Crippen LogP contribution in [0.15, 0.2) is 24.3 Å². The molecule has 0 saturated heterocycles. The van der Waals surface area contributed by atoms with Crippen molar-refractivity contribution >= 4 is 40.5 Å². The molecule has 0 unspecified atom stereocenters. The molecule has 19 heavy (non-hydrogen) atoms. The highest BCUT2D eigenvalue weighted by atomic mass is 35.5. The number of nitrogens with zero attached hydrogens (tertiary/aromatic N) is 2. The number of nitrogens with two attached hydrogens (primary N) is 1. The maximum absolute atomic E-state index is 6.07. The third-order valence-electron chi connectivity index (χ3n) is 2.28. The van der Waals surface area contributed by atoms with Crippen molar-refractivity contribution in [1.29, 1.82) is 0 Å². The van der Waals surface area contributed by atoms with Crippen LogP contribution in [-0.2, 0) is 11.3 Å². The third kappa shape index (κ3) is 3.47. The molecule has 3 N–H and O–H groups in total. The molecule has 2 aromatic rings. The van der Waals surface area contributed by atoms with Gasteiger partial charge in [0.2, 0.25) is 0 Å². The molecule has 1 aromatic heterocycles. The molecule has 2 rings (SSSR count). The molecule has 5 nitrogen and oxygen atoms in total. The van der Waals surface area contributed by atoms with Gasteiger partial charge in [0.1, 0.15) is 18.2 Å². The summed E-state index contributed by atoms with van der Waals surface area (Å²) in [7, 11) is 1.56. The summed E-state index contributed by atoms with van der Waals surface area (Å²) in [5, 5.41) is 4.03. The summed E-state index contributed by atoms with van der Waals surface area (Å²) in [6, 6.07) is 6.83. The predicted octanol–water partition coefficient (Wildman–Crippen LogP) is 3.26. The molecule has 0 fully saturated rings. The Labute approximate surface area is 120 Å². The number of methoxy groups -OCH3 is 1. The maximum atomic E-state index is 6.07. The van der Waals surface area contributed by atoms with Gasteiger partial charge in [0, 0.05) is 13.2 Å². The number of benzene rings is 1. The lowest BCUT2D eigenvalue weighted by molar-refractivity contribution is 0.178. The lowest BCUT2D eigenvalue weighted by Gasteiger charge is -2.11. The second-order valence-electron chi connectivity index (χ2n) is 3.75. The van der Waals surface area contributed by atoms with Gasteiger partial charge in [-0.05, 0) is 12.1 Å². The second-order valence-corrected chi connectivity index (χ2v) is 4.56. The lowest BCUT2D eigenvalue weighted by Crippen LogP contribution is -2.04. The fourth-order valence-corrected chi connectivity index (χ4v) is 2.01. The minimum Gasteiger partial charge on any atom is -0.384 e. The van der Waals surface area contributed by atoms with Gasteiger partial charge in [-0.25, -0.2) is 9.97 Å². The van der Waals surface area contributed by atoms with Crippen molar-refractivity contribution < 1.29 is 4.74 Å². The summed E-state index contributed by atoms with van der Waals surface area (Å²) in [6.07, 6.45) is 0. The van der Waals surface area contributed by atoms with Gasteiger partial charge in [-0.3, -0.25) is 0 Å². The van der Waals surface area contributed by atoms with E-state index in [1.165, 1.54) is 0 Å². The number of hydrogen-bond donors (Lipinski definition) is 2. The Bertz CT molecular complexity index is 572. The molecule has 0 spiro atoms. The molecular formula is C12H12Cl2N4O. The van der Waals surface area contributed by atoms with Crippen LogP contribution in [-0.4, -0.2) is 17.1 Å². The number of para-hydroxylation sites is 1. The van der Waals surface area contributed by atoms with Gasteiger partial charge < -0.3 is 15.8 Å². The van der Waals surface area contributed by atoms with Crippen LogP contribution in [0.3, 0.4) is 0 Å². The molecule has 1 heterocycles. The molecule has 100 valence electrons. The zero-order valence-corrected chi connectivity index (χ0v) is 11.7. The van der Waals surface area contributed by atoms with E-state index < -0.39 is 0 Å². The quantitative estimate of drug-likeness (QED) is 0.906. The van der Waals surface area contributed by atoms with E-state index in [0.717, 1.165) is 0 Å². The number of hydrogen-bond acceptors (Lipinski definition) is 5. The number of ether oxygens (including phenoxy) is 1. The highest BCUT2D eigenvalue weighted by Gasteiger charge is 2.08. The molecule has 0 aliphatic rings. The number of aromatic nitrogens is 2. The smallest absolute Gasteiger partial charge is 0.158 e. The molecule has 0 aliphatic heterocycles. The third-order valence-corrected chi connectivity index (χ3v) is 2.91. The van der Waals surface area contributed by atoms with E-state index >= 15 is 0 Å². The van der Waals surface area contributed by atoms with Crippen molar-refractivity contribution in [1.82, 2.24) is 9.97 Å². The first-order valence-electron chi connectivity index (χ1n) is 5.43. The van der Waals surface area contributed by atoms with Crippen molar-refractivity contribution in [3.8, 4) is 0 Å². The lowest BCUT2D eigenvalue weighted by atomic mass is 10.3. The van der Waals surface area contributed by atoms with E-state index in [1.807, 2.05) is 0 Å². The van der Waals surface area contributed by atoms with E-state index in [-0.39, 0.29) is 6.61 Å². The summed E-state index contributed by atoms with van der Waals surface area (Å²) in [5.74, 6) is 1.33. The number of rotatable bonds is 4. The Hall–Kier alpha value is -1.56. The number of nitrogens with one attached hydrogen (secondary N) is 1. The van der Waals surface area contributed by atoms with Crippen LogP contribution < -0.4 is 11.1 Å². The molecule has 0 amide bonds. The zero-order valence-electron chi connectivity index (χ0n) is 10.2. The predicted molar refractivity (Wildman–Crippen MR) is 76.9 cm³/mol. The summed E-state index contributed by atoms with van der Waals surface area (Å²) >= 11 is 12.1. The summed E-state index contributed by atoms with van der Waals surface area (Å²) < 4.78 is 4.98. The van der Waals surface area contributed by atoms with Crippen LogP contribution >= 0.6 is 23.2 Å². The van der Waals surface area contributed by atoms with Gasteiger partial charge in [-0.2, -0.15) is 0 Å². The Morgan fingerprint density at radius 1 is 1.26 bits per heavy atom. The molecule has 7 heteroatoms. The SMILES string of the molecule is COCc1nc(N)cc(Nc2c(Cl)cccc2Cl)n1. The Morgan fingerprint density at radius 2 is 1.95 bits per heavy atom. The van der Waals surface area contributed by atoms with Crippen LogP contribution in [0.25, 0.3) is 0 Å². The van der Waals surface area contributed by atoms with Gasteiger partial charge in [0.25, 0.3) is 0 Å². The topological polar surface area (TPSA) is 73.1 Å². The Morgan fingerprint density at radius 3 is 2.58 bits per heavy atom. The van der Waals surface area contributed by atoms with E-state index in [1.54, 1.807) is 31.4 Å².